The van der Waals surface area contributed by atoms with Crippen molar-refractivity contribution < 1.29 is 13.2 Å². The smallest absolute Gasteiger partial charge is 0.261 e. The molecular weight excluding hydrogens is 310 g/mol. The fourth-order valence-electron chi connectivity index (χ4n) is 2.22. The molecule has 0 unspecified atom stereocenters. The molecule has 1 aliphatic carbocycles. The third-order valence-electron chi connectivity index (χ3n) is 3.64. The molecule has 0 bridgehead atoms. The average molecular weight is 331 g/mol. The van der Waals surface area contributed by atoms with Crippen LogP contribution in [0.4, 0.5) is 10.7 Å². The Balaban J connectivity index is 2.56. The first-order valence-electron chi connectivity index (χ1n) is 7.01. The van der Waals surface area contributed by atoms with Gasteiger partial charge >= 0.3 is 0 Å². The van der Waals surface area contributed by atoms with Crippen LogP contribution < -0.4 is 16.4 Å². The normalized spacial score (nSPS) is 15.1. The number of anilines is 2. The summed E-state index contributed by atoms with van der Waals surface area (Å²) < 4.78 is 24.7. The maximum atomic E-state index is 12.3. The summed E-state index contributed by atoms with van der Waals surface area (Å²) >= 11 is 1.09. The molecule has 6 nitrogen and oxygen atoms in total. The molecule has 21 heavy (non-hydrogen) atoms. The zero-order valence-corrected chi connectivity index (χ0v) is 13.9. The van der Waals surface area contributed by atoms with Crippen LogP contribution in [0.3, 0.4) is 0 Å². The van der Waals surface area contributed by atoms with E-state index in [2.05, 4.69) is 0 Å². The van der Waals surface area contributed by atoms with Crippen LogP contribution in [0.1, 0.15) is 36.4 Å². The van der Waals surface area contributed by atoms with E-state index in [0.717, 1.165) is 30.7 Å². The molecule has 4 N–H and O–H groups in total. The number of nitrogens with zero attached hydrogens (tertiary/aromatic N) is 1. The fraction of sp³-hybridized carbons (Fsp3) is 0.615. The molecule has 1 saturated carbocycles. The largest absolute Gasteiger partial charge is 0.396 e. The number of nitrogen functional groups attached to an aromatic ring is 1. The number of nitrogens with two attached hydrogens (primary N) is 2. The van der Waals surface area contributed by atoms with Crippen LogP contribution in [0.5, 0.6) is 0 Å². The number of amides is 1. The van der Waals surface area contributed by atoms with E-state index in [-0.39, 0.29) is 21.2 Å². The van der Waals surface area contributed by atoms with Gasteiger partial charge < -0.3 is 16.4 Å². The summed E-state index contributed by atoms with van der Waals surface area (Å²) in [5.41, 5.74) is 11.2. The molecule has 0 radical (unpaired) electrons. The van der Waals surface area contributed by atoms with Crippen LogP contribution in [-0.2, 0) is 9.84 Å². The van der Waals surface area contributed by atoms with Crippen LogP contribution >= 0.6 is 11.3 Å². The number of rotatable bonds is 7. The van der Waals surface area contributed by atoms with Gasteiger partial charge in [-0.2, -0.15) is 0 Å². The highest BCUT2D eigenvalue weighted by Crippen LogP contribution is 2.43. The van der Waals surface area contributed by atoms with Crippen LogP contribution in [0.2, 0.25) is 0 Å². The highest BCUT2D eigenvalue weighted by atomic mass is 32.2. The summed E-state index contributed by atoms with van der Waals surface area (Å²) in [5, 5.41) is 0.553. The van der Waals surface area contributed by atoms with Crippen LogP contribution in [0, 0.1) is 5.92 Å². The number of carbonyl (C=O) groups is 1. The number of carbonyl (C=O) groups excluding carboxylic acids is 1. The van der Waals surface area contributed by atoms with Gasteiger partial charge in [-0.05, 0) is 25.7 Å². The van der Waals surface area contributed by atoms with Crippen LogP contribution in [-0.4, -0.2) is 33.2 Å². The molecule has 2 rings (SSSR count). The van der Waals surface area contributed by atoms with Gasteiger partial charge in [0.25, 0.3) is 5.91 Å². The van der Waals surface area contributed by atoms with Crippen molar-refractivity contribution in [2.24, 2.45) is 11.7 Å². The van der Waals surface area contributed by atoms with Gasteiger partial charge in [-0.25, -0.2) is 8.42 Å². The first kappa shape index (κ1) is 16.1. The minimum absolute atomic E-state index is 0.00130. The Kier molecular flexibility index (Phi) is 4.48. The van der Waals surface area contributed by atoms with Gasteiger partial charge in [-0.1, -0.05) is 6.92 Å². The van der Waals surface area contributed by atoms with Gasteiger partial charge in [-0.3, -0.25) is 4.79 Å². The predicted octanol–water partition coefficient (Wildman–Crippen LogP) is 1.46. The summed E-state index contributed by atoms with van der Waals surface area (Å²) in [6, 6.07) is 0. The maximum Gasteiger partial charge on any atom is 0.261 e. The van der Waals surface area contributed by atoms with Gasteiger partial charge in [0.1, 0.15) is 14.8 Å². The summed E-state index contributed by atoms with van der Waals surface area (Å²) in [5.74, 6) is -0.138. The summed E-state index contributed by atoms with van der Waals surface area (Å²) in [4.78, 5) is 13.7. The van der Waals surface area contributed by atoms with E-state index >= 15 is 0 Å². The van der Waals surface area contributed by atoms with Crippen LogP contribution in [0.15, 0.2) is 4.90 Å². The molecule has 0 aromatic carbocycles. The molecule has 1 aromatic heterocycles. The summed E-state index contributed by atoms with van der Waals surface area (Å²) in [6.07, 6.45) is 2.33. The lowest BCUT2D eigenvalue weighted by Crippen LogP contribution is -2.26. The summed E-state index contributed by atoms with van der Waals surface area (Å²) in [6.45, 7) is 4.99. The Morgan fingerprint density at radius 2 is 2.00 bits per heavy atom. The molecule has 1 heterocycles. The Hall–Kier alpha value is -1.28. The molecule has 118 valence electrons. The first-order chi connectivity index (χ1) is 9.81. The fourth-order valence-corrected chi connectivity index (χ4v) is 4.95. The molecule has 0 atom stereocenters. The lowest BCUT2D eigenvalue weighted by molar-refractivity contribution is 0.100. The van der Waals surface area contributed by atoms with Crippen LogP contribution in [0.25, 0.3) is 0 Å². The van der Waals surface area contributed by atoms with Crippen molar-refractivity contribution in [3.63, 3.8) is 0 Å². The SMILES string of the molecule is CCN(CC1CC1)c1sc(C(N)=O)c(N)c1S(=O)(=O)CC. The number of primary amides is 1. The second kappa shape index (κ2) is 5.84. The highest BCUT2D eigenvalue weighted by Gasteiger charge is 2.32. The van der Waals surface area contributed by atoms with E-state index in [1.54, 1.807) is 6.92 Å². The molecule has 0 saturated heterocycles. The van der Waals surface area contributed by atoms with Gasteiger partial charge in [-0.15, -0.1) is 11.3 Å². The van der Waals surface area contributed by atoms with E-state index in [0.29, 0.717) is 17.5 Å². The third kappa shape index (κ3) is 3.16. The Morgan fingerprint density at radius 3 is 2.43 bits per heavy atom. The van der Waals surface area contributed by atoms with Crippen molar-refractivity contribution in [3.05, 3.63) is 4.88 Å². The maximum absolute atomic E-state index is 12.3. The topological polar surface area (TPSA) is 106 Å². The highest BCUT2D eigenvalue weighted by molar-refractivity contribution is 7.92. The minimum Gasteiger partial charge on any atom is -0.396 e. The molecule has 1 amide bonds. The molecule has 1 aromatic rings. The second-order valence-electron chi connectivity index (χ2n) is 5.23. The molecule has 1 aliphatic rings. The lowest BCUT2D eigenvalue weighted by Gasteiger charge is -2.22. The van der Waals surface area contributed by atoms with Crippen molar-refractivity contribution in [1.82, 2.24) is 0 Å². The van der Waals surface area contributed by atoms with E-state index < -0.39 is 15.7 Å². The van der Waals surface area contributed by atoms with Crippen molar-refractivity contribution in [1.29, 1.82) is 0 Å². The van der Waals surface area contributed by atoms with E-state index in [1.165, 1.54) is 0 Å². The van der Waals surface area contributed by atoms with Gasteiger partial charge in [0.15, 0.2) is 9.84 Å². The van der Waals surface area contributed by atoms with E-state index in [1.807, 2.05) is 11.8 Å². The van der Waals surface area contributed by atoms with Crippen molar-refractivity contribution in [3.8, 4) is 0 Å². The molecule has 0 spiro atoms. The molecule has 1 fully saturated rings. The average Bonchev–Trinajstić information content (AvgIpc) is 3.17. The van der Waals surface area contributed by atoms with Gasteiger partial charge in [0, 0.05) is 13.1 Å². The van der Waals surface area contributed by atoms with Crippen molar-refractivity contribution >= 4 is 37.8 Å². The Morgan fingerprint density at radius 1 is 1.38 bits per heavy atom. The molecule has 0 aliphatic heterocycles. The number of hydrogen-bond donors (Lipinski definition) is 2. The zero-order chi connectivity index (χ0) is 15.8. The van der Waals surface area contributed by atoms with Crippen molar-refractivity contribution in [2.75, 3.05) is 29.5 Å². The lowest BCUT2D eigenvalue weighted by atomic mass is 10.3. The summed E-state index contributed by atoms with van der Waals surface area (Å²) in [7, 11) is -3.51. The van der Waals surface area contributed by atoms with E-state index in [9.17, 15) is 13.2 Å². The first-order valence-corrected chi connectivity index (χ1v) is 9.48. The third-order valence-corrected chi connectivity index (χ3v) is 6.85. The number of thiophene rings is 1. The second-order valence-corrected chi connectivity index (χ2v) is 8.44. The number of hydrogen-bond acceptors (Lipinski definition) is 6. The monoisotopic (exact) mass is 331 g/mol. The molecular formula is C13H21N3O3S2. The minimum atomic E-state index is -3.51. The number of sulfone groups is 1. The Bertz CT molecular complexity index is 648. The Labute approximate surface area is 129 Å². The standard InChI is InChI=1S/C13H21N3O3S2/c1-3-16(7-8-5-6-8)13-11(21(18,19)4-2)9(14)10(20-13)12(15)17/h8H,3-7,14H2,1-2H3,(H2,15,17). The quantitative estimate of drug-likeness (QED) is 0.786. The zero-order valence-electron chi connectivity index (χ0n) is 12.3. The van der Waals surface area contributed by atoms with Crippen molar-refractivity contribution in [2.45, 2.75) is 31.6 Å². The predicted molar refractivity (Wildman–Crippen MR) is 85.6 cm³/mol. The molecule has 8 heteroatoms. The van der Waals surface area contributed by atoms with Gasteiger partial charge in [0.05, 0.1) is 11.4 Å². The van der Waals surface area contributed by atoms with E-state index in [4.69, 9.17) is 11.5 Å². The van der Waals surface area contributed by atoms with Gasteiger partial charge in [0.2, 0.25) is 0 Å².